The smallest absolute Gasteiger partial charge is 0.144 e. The zero-order chi connectivity index (χ0) is 16.9. The Balaban J connectivity index is 1.95. The number of halogens is 1. The molecule has 3 heteroatoms. The van der Waals surface area contributed by atoms with Crippen LogP contribution in [0.3, 0.4) is 0 Å². The summed E-state index contributed by atoms with van der Waals surface area (Å²) >= 11 is 6.16. The molecule has 0 bridgehead atoms. The van der Waals surface area contributed by atoms with Crippen LogP contribution in [-0.4, -0.2) is 4.98 Å². The number of furan rings is 1. The molecule has 4 rings (SSSR count). The summed E-state index contributed by atoms with van der Waals surface area (Å²) in [4.78, 5) is 4.29. The lowest BCUT2D eigenvalue weighted by molar-refractivity contribution is 0.670. The summed E-state index contributed by atoms with van der Waals surface area (Å²) in [5.74, 6) is 0. The van der Waals surface area contributed by atoms with Gasteiger partial charge < -0.3 is 4.42 Å². The highest BCUT2D eigenvalue weighted by atomic mass is 35.5. The van der Waals surface area contributed by atoms with Crippen molar-refractivity contribution in [3.05, 3.63) is 65.3 Å². The van der Waals surface area contributed by atoms with Crippen molar-refractivity contribution in [3.8, 4) is 11.3 Å². The predicted octanol–water partition coefficient (Wildman–Crippen LogP) is 5.61. The molecular formula is C18H12ClNO. The van der Waals surface area contributed by atoms with Crippen molar-refractivity contribution < 1.29 is 8.53 Å². The zero-order valence-corrected chi connectivity index (χ0v) is 11.7. The van der Waals surface area contributed by atoms with E-state index in [0.29, 0.717) is 11.3 Å². The standard InChI is InChI=1S/C18H12ClNO/c1-11-10-20-16(9-15(11)19)14-7-4-6-13-12-5-2-3-8-17(12)21-18(13)14/h2-10H,1H3/i1D3. The molecule has 2 nitrogen and oxygen atoms in total. The molecule has 0 unspecified atom stereocenters. The molecule has 21 heavy (non-hydrogen) atoms. The zero-order valence-electron chi connectivity index (χ0n) is 13.9. The number of aromatic nitrogens is 1. The van der Waals surface area contributed by atoms with Crippen LogP contribution in [0.5, 0.6) is 0 Å². The molecule has 0 aliphatic rings. The molecule has 0 fully saturated rings. The average Bonchev–Trinajstić information content (AvgIpc) is 2.92. The van der Waals surface area contributed by atoms with Crippen molar-refractivity contribution in [2.24, 2.45) is 0 Å². The highest BCUT2D eigenvalue weighted by Crippen LogP contribution is 2.35. The minimum Gasteiger partial charge on any atom is -0.455 e. The Hall–Kier alpha value is -2.32. The Labute approximate surface area is 131 Å². The number of benzene rings is 2. The number of para-hydroxylation sites is 2. The summed E-state index contributed by atoms with van der Waals surface area (Å²) in [6, 6.07) is 15.2. The van der Waals surface area contributed by atoms with E-state index in [9.17, 15) is 0 Å². The van der Waals surface area contributed by atoms with Crippen molar-refractivity contribution >= 4 is 33.5 Å². The number of fused-ring (bicyclic) bond motifs is 3. The van der Waals surface area contributed by atoms with Gasteiger partial charge in [-0.25, -0.2) is 0 Å². The molecule has 0 radical (unpaired) electrons. The van der Waals surface area contributed by atoms with Crippen LogP contribution in [0.15, 0.2) is 59.1 Å². The van der Waals surface area contributed by atoms with Gasteiger partial charge in [0.25, 0.3) is 0 Å². The third kappa shape index (κ3) is 1.91. The Bertz CT molecular complexity index is 1070. The maximum Gasteiger partial charge on any atom is 0.144 e. The molecule has 2 heterocycles. The summed E-state index contributed by atoms with van der Waals surface area (Å²) in [7, 11) is 0. The lowest BCUT2D eigenvalue weighted by Crippen LogP contribution is -1.86. The number of hydrogen-bond donors (Lipinski definition) is 0. The van der Waals surface area contributed by atoms with Crippen molar-refractivity contribution in [2.45, 2.75) is 6.85 Å². The fraction of sp³-hybridized carbons (Fsp3) is 0.0556. The van der Waals surface area contributed by atoms with Gasteiger partial charge in [-0.1, -0.05) is 41.9 Å². The molecule has 0 aliphatic carbocycles. The van der Waals surface area contributed by atoms with Crippen LogP contribution in [0.1, 0.15) is 9.68 Å². The molecule has 0 aliphatic heterocycles. The van der Waals surface area contributed by atoms with E-state index in [2.05, 4.69) is 4.98 Å². The van der Waals surface area contributed by atoms with E-state index in [0.717, 1.165) is 21.9 Å². The lowest BCUT2D eigenvalue weighted by Gasteiger charge is -2.04. The van der Waals surface area contributed by atoms with Gasteiger partial charge in [0.1, 0.15) is 11.2 Å². The van der Waals surface area contributed by atoms with Crippen molar-refractivity contribution in [1.82, 2.24) is 4.98 Å². The lowest BCUT2D eigenvalue weighted by atomic mass is 10.1. The molecule has 2 aromatic carbocycles. The second kappa shape index (κ2) is 4.61. The van der Waals surface area contributed by atoms with Crippen LogP contribution in [0, 0.1) is 6.85 Å². The SMILES string of the molecule is [2H]C([2H])([2H])c1cnc(-c2cccc3c2oc2ccccc23)cc1Cl. The highest BCUT2D eigenvalue weighted by Gasteiger charge is 2.12. The third-order valence-electron chi connectivity index (χ3n) is 3.53. The Morgan fingerprint density at radius 1 is 1.10 bits per heavy atom. The van der Waals surface area contributed by atoms with Crippen molar-refractivity contribution in [2.75, 3.05) is 0 Å². The molecule has 2 aromatic heterocycles. The molecule has 0 spiro atoms. The van der Waals surface area contributed by atoms with Crippen LogP contribution < -0.4 is 0 Å². The summed E-state index contributed by atoms with van der Waals surface area (Å²) in [6.45, 7) is -2.28. The van der Waals surface area contributed by atoms with E-state index in [1.54, 1.807) is 6.07 Å². The Morgan fingerprint density at radius 2 is 1.95 bits per heavy atom. The topological polar surface area (TPSA) is 26.0 Å². The molecule has 102 valence electrons. The van der Waals surface area contributed by atoms with Crippen molar-refractivity contribution in [1.29, 1.82) is 0 Å². The molecule has 4 aromatic rings. The largest absolute Gasteiger partial charge is 0.455 e. The van der Waals surface area contributed by atoms with Gasteiger partial charge >= 0.3 is 0 Å². The number of rotatable bonds is 1. The summed E-state index contributed by atoms with van der Waals surface area (Å²) in [6.07, 6.45) is 1.31. The summed E-state index contributed by atoms with van der Waals surface area (Å²) in [5, 5.41) is 2.19. The maximum atomic E-state index is 7.48. The number of nitrogens with zero attached hydrogens (tertiary/aromatic N) is 1. The molecule has 0 saturated heterocycles. The van der Waals surface area contributed by atoms with Gasteiger partial charge in [-0.2, -0.15) is 0 Å². The van der Waals surface area contributed by atoms with E-state index in [-0.39, 0.29) is 10.6 Å². The molecule has 0 amide bonds. The van der Waals surface area contributed by atoms with Gasteiger partial charge in [0.05, 0.1) is 5.69 Å². The minimum atomic E-state index is -2.28. The fourth-order valence-electron chi connectivity index (χ4n) is 2.53. The Morgan fingerprint density at radius 3 is 2.81 bits per heavy atom. The predicted molar refractivity (Wildman–Crippen MR) is 86.7 cm³/mol. The first kappa shape index (κ1) is 9.59. The Kier molecular flexibility index (Phi) is 2.10. The first-order valence-electron chi connectivity index (χ1n) is 8.02. The van der Waals surface area contributed by atoms with Gasteiger partial charge in [0.15, 0.2) is 0 Å². The molecule has 0 N–H and O–H groups in total. The summed E-state index contributed by atoms with van der Waals surface area (Å²) < 4.78 is 28.4. The van der Waals surface area contributed by atoms with Crippen LogP contribution >= 0.6 is 11.6 Å². The van der Waals surface area contributed by atoms with E-state index in [1.165, 1.54) is 6.20 Å². The van der Waals surface area contributed by atoms with Crippen LogP contribution in [0.2, 0.25) is 5.02 Å². The number of aryl methyl sites for hydroxylation is 1. The average molecular weight is 297 g/mol. The first-order valence-corrected chi connectivity index (χ1v) is 6.89. The van der Waals surface area contributed by atoms with E-state index < -0.39 is 6.85 Å². The number of pyridine rings is 1. The normalized spacial score (nSPS) is 14.0. The second-order valence-electron chi connectivity index (χ2n) is 4.83. The third-order valence-corrected chi connectivity index (χ3v) is 3.85. The van der Waals surface area contributed by atoms with Crippen molar-refractivity contribution in [3.63, 3.8) is 0 Å². The first-order chi connectivity index (χ1) is 11.4. The monoisotopic (exact) mass is 296 g/mol. The van der Waals surface area contributed by atoms with Gasteiger partial charge in [-0.3, -0.25) is 4.98 Å². The van der Waals surface area contributed by atoms with Crippen LogP contribution in [0.25, 0.3) is 33.2 Å². The van der Waals surface area contributed by atoms with Crippen LogP contribution in [0.4, 0.5) is 0 Å². The van der Waals surface area contributed by atoms with E-state index in [1.807, 2.05) is 42.5 Å². The number of hydrogen-bond acceptors (Lipinski definition) is 2. The maximum absolute atomic E-state index is 7.48. The van der Waals surface area contributed by atoms with Gasteiger partial charge in [-0.15, -0.1) is 0 Å². The quantitative estimate of drug-likeness (QED) is 0.456. The van der Waals surface area contributed by atoms with E-state index in [4.69, 9.17) is 20.1 Å². The molecular weight excluding hydrogens is 282 g/mol. The van der Waals surface area contributed by atoms with Gasteiger partial charge in [-0.05, 0) is 30.6 Å². The van der Waals surface area contributed by atoms with Gasteiger partial charge in [0.2, 0.25) is 0 Å². The van der Waals surface area contributed by atoms with Gasteiger partial charge in [0, 0.05) is 31.7 Å². The second-order valence-corrected chi connectivity index (χ2v) is 5.24. The van der Waals surface area contributed by atoms with Crippen LogP contribution in [-0.2, 0) is 0 Å². The fourth-order valence-corrected chi connectivity index (χ4v) is 2.68. The molecule has 0 atom stereocenters. The highest BCUT2D eigenvalue weighted by molar-refractivity contribution is 6.31. The summed E-state index contributed by atoms with van der Waals surface area (Å²) in [5.41, 5.74) is 2.92. The minimum absolute atomic E-state index is 0.0460. The van der Waals surface area contributed by atoms with E-state index >= 15 is 0 Å². The molecule has 0 saturated carbocycles.